The molecule has 122 valence electrons. The number of carbonyl (C=O) groups excluding carboxylic acids is 2. The van der Waals surface area contributed by atoms with Crippen molar-refractivity contribution in [3.05, 3.63) is 36.0 Å². The standard InChI is InChI=1S/C17H21N3O3/c1-2-23-17(22)20-9-5-8-19(10-11-20)16(21)14-12-18-15-7-4-3-6-13(14)15/h3-4,6-7,12,18H,2,5,8-11H2,1H3. The average Bonchev–Trinajstić information content (AvgIpc) is 2.83. The summed E-state index contributed by atoms with van der Waals surface area (Å²) in [5.74, 6) is 0.00755. The summed E-state index contributed by atoms with van der Waals surface area (Å²) in [5.41, 5.74) is 1.64. The lowest BCUT2D eigenvalue weighted by Gasteiger charge is -2.21. The van der Waals surface area contributed by atoms with Gasteiger partial charge in [-0.05, 0) is 19.4 Å². The molecule has 2 heterocycles. The van der Waals surface area contributed by atoms with Gasteiger partial charge in [0.05, 0.1) is 12.2 Å². The number of carbonyl (C=O) groups is 2. The molecule has 2 amide bonds. The maximum Gasteiger partial charge on any atom is 0.409 e. The van der Waals surface area contributed by atoms with Gasteiger partial charge in [-0.2, -0.15) is 0 Å². The molecule has 0 aliphatic carbocycles. The summed E-state index contributed by atoms with van der Waals surface area (Å²) in [7, 11) is 0. The van der Waals surface area contributed by atoms with Gasteiger partial charge in [0.2, 0.25) is 0 Å². The zero-order valence-corrected chi connectivity index (χ0v) is 13.2. The number of aromatic nitrogens is 1. The quantitative estimate of drug-likeness (QED) is 0.926. The van der Waals surface area contributed by atoms with E-state index >= 15 is 0 Å². The summed E-state index contributed by atoms with van der Waals surface area (Å²) in [5, 5.41) is 0.934. The fourth-order valence-corrected chi connectivity index (χ4v) is 2.94. The molecule has 0 spiro atoms. The molecule has 1 aliphatic rings. The highest BCUT2D eigenvalue weighted by atomic mass is 16.6. The smallest absolute Gasteiger partial charge is 0.409 e. The molecule has 0 bridgehead atoms. The lowest BCUT2D eigenvalue weighted by Crippen LogP contribution is -2.37. The maximum absolute atomic E-state index is 12.8. The number of benzene rings is 1. The average molecular weight is 315 g/mol. The molecule has 0 radical (unpaired) electrons. The molecule has 6 heteroatoms. The summed E-state index contributed by atoms with van der Waals surface area (Å²) in [6.45, 7) is 4.46. The number of para-hydroxylation sites is 1. The minimum Gasteiger partial charge on any atom is -0.450 e. The number of nitrogens with zero attached hydrogens (tertiary/aromatic N) is 2. The van der Waals surface area contributed by atoms with Gasteiger partial charge in [-0.15, -0.1) is 0 Å². The van der Waals surface area contributed by atoms with E-state index in [1.165, 1.54) is 0 Å². The third-order valence-electron chi connectivity index (χ3n) is 4.13. The number of amides is 2. The minimum atomic E-state index is -0.297. The molecule has 2 aromatic rings. The van der Waals surface area contributed by atoms with Gasteiger partial charge in [0.15, 0.2) is 0 Å². The van der Waals surface area contributed by atoms with Gasteiger partial charge < -0.3 is 19.5 Å². The zero-order valence-electron chi connectivity index (χ0n) is 13.2. The van der Waals surface area contributed by atoms with Crippen molar-refractivity contribution in [2.45, 2.75) is 13.3 Å². The first-order chi connectivity index (χ1) is 11.2. The summed E-state index contributed by atoms with van der Waals surface area (Å²) in [6, 6.07) is 7.77. The van der Waals surface area contributed by atoms with Gasteiger partial charge in [0.1, 0.15) is 0 Å². The van der Waals surface area contributed by atoms with E-state index < -0.39 is 0 Å². The molecule has 1 aromatic heterocycles. The van der Waals surface area contributed by atoms with Crippen molar-refractivity contribution in [3.63, 3.8) is 0 Å². The molecule has 23 heavy (non-hydrogen) atoms. The Morgan fingerprint density at radius 2 is 1.87 bits per heavy atom. The Labute approximate surface area is 135 Å². The monoisotopic (exact) mass is 315 g/mol. The van der Waals surface area contributed by atoms with Crippen LogP contribution in [0.2, 0.25) is 0 Å². The lowest BCUT2D eigenvalue weighted by molar-refractivity contribution is 0.0755. The van der Waals surface area contributed by atoms with Crippen molar-refractivity contribution < 1.29 is 14.3 Å². The fraction of sp³-hybridized carbons (Fsp3) is 0.412. The van der Waals surface area contributed by atoms with E-state index in [1.807, 2.05) is 29.2 Å². The predicted molar refractivity (Wildman–Crippen MR) is 87.4 cm³/mol. The van der Waals surface area contributed by atoms with Gasteiger partial charge in [0.25, 0.3) is 5.91 Å². The van der Waals surface area contributed by atoms with Crippen LogP contribution in [0.5, 0.6) is 0 Å². The zero-order chi connectivity index (χ0) is 16.2. The molecule has 1 aliphatic heterocycles. The van der Waals surface area contributed by atoms with Gasteiger partial charge in [0, 0.05) is 43.3 Å². The largest absolute Gasteiger partial charge is 0.450 e. The van der Waals surface area contributed by atoms with Crippen molar-refractivity contribution in [1.29, 1.82) is 0 Å². The van der Waals surface area contributed by atoms with Crippen molar-refractivity contribution in [3.8, 4) is 0 Å². The van der Waals surface area contributed by atoms with Crippen LogP contribution in [0, 0.1) is 0 Å². The molecular formula is C17H21N3O3. The van der Waals surface area contributed by atoms with Gasteiger partial charge in [-0.1, -0.05) is 18.2 Å². The van der Waals surface area contributed by atoms with Crippen LogP contribution in [0.15, 0.2) is 30.5 Å². The van der Waals surface area contributed by atoms with E-state index in [1.54, 1.807) is 18.0 Å². The number of ether oxygens (including phenoxy) is 1. The van der Waals surface area contributed by atoms with Crippen LogP contribution in [0.4, 0.5) is 4.79 Å². The number of H-pyrrole nitrogens is 1. The number of fused-ring (bicyclic) bond motifs is 1. The topological polar surface area (TPSA) is 65.6 Å². The molecule has 0 atom stereocenters. The maximum atomic E-state index is 12.8. The minimum absolute atomic E-state index is 0.00755. The molecule has 3 rings (SSSR count). The molecule has 1 fully saturated rings. The highest BCUT2D eigenvalue weighted by Crippen LogP contribution is 2.20. The van der Waals surface area contributed by atoms with Crippen LogP contribution in [-0.4, -0.2) is 59.6 Å². The molecule has 1 aromatic carbocycles. The normalized spacial score (nSPS) is 15.5. The predicted octanol–water partition coefficient (Wildman–Crippen LogP) is 2.47. The molecular weight excluding hydrogens is 294 g/mol. The summed E-state index contributed by atoms with van der Waals surface area (Å²) < 4.78 is 5.04. The van der Waals surface area contributed by atoms with Crippen molar-refractivity contribution >= 4 is 22.9 Å². The molecule has 0 unspecified atom stereocenters. The van der Waals surface area contributed by atoms with Crippen molar-refractivity contribution in [2.75, 3.05) is 32.8 Å². The second kappa shape index (κ2) is 6.73. The third kappa shape index (κ3) is 3.16. The summed E-state index contributed by atoms with van der Waals surface area (Å²) in [6.07, 6.45) is 2.22. The Kier molecular flexibility index (Phi) is 4.50. The second-order valence-electron chi connectivity index (χ2n) is 5.58. The molecule has 1 saturated heterocycles. The summed E-state index contributed by atoms with van der Waals surface area (Å²) >= 11 is 0. The first kappa shape index (κ1) is 15.4. The van der Waals surface area contributed by atoms with Crippen LogP contribution in [0.25, 0.3) is 10.9 Å². The first-order valence-corrected chi connectivity index (χ1v) is 7.97. The molecule has 1 N–H and O–H groups in total. The highest BCUT2D eigenvalue weighted by Gasteiger charge is 2.24. The first-order valence-electron chi connectivity index (χ1n) is 7.97. The van der Waals surface area contributed by atoms with Gasteiger partial charge in [-0.3, -0.25) is 4.79 Å². The van der Waals surface area contributed by atoms with E-state index in [4.69, 9.17) is 4.74 Å². The van der Waals surface area contributed by atoms with Gasteiger partial charge >= 0.3 is 6.09 Å². The number of hydrogen-bond acceptors (Lipinski definition) is 3. The second-order valence-corrected chi connectivity index (χ2v) is 5.58. The van der Waals surface area contributed by atoms with Crippen LogP contribution in [0.3, 0.4) is 0 Å². The Bertz CT molecular complexity index is 710. The van der Waals surface area contributed by atoms with E-state index in [2.05, 4.69) is 4.98 Å². The molecule has 0 saturated carbocycles. The summed E-state index contributed by atoms with van der Waals surface area (Å²) in [4.78, 5) is 31.2. The van der Waals surface area contributed by atoms with Crippen LogP contribution in [0.1, 0.15) is 23.7 Å². The Balaban J connectivity index is 1.72. The van der Waals surface area contributed by atoms with Crippen LogP contribution < -0.4 is 0 Å². The van der Waals surface area contributed by atoms with Crippen molar-refractivity contribution in [2.24, 2.45) is 0 Å². The van der Waals surface area contributed by atoms with E-state index in [0.717, 1.165) is 17.3 Å². The third-order valence-corrected chi connectivity index (χ3v) is 4.13. The Morgan fingerprint density at radius 1 is 1.13 bits per heavy atom. The van der Waals surface area contributed by atoms with Crippen LogP contribution in [-0.2, 0) is 4.74 Å². The number of hydrogen-bond donors (Lipinski definition) is 1. The number of rotatable bonds is 2. The number of nitrogens with one attached hydrogen (secondary N) is 1. The van der Waals surface area contributed by atoms with E-state index in [9.17, 15) is 9.59 Å². The SMILES string of the molecule is CCOC(=O)N1CCCN(C(=O)c2c[nH]c3ccccc23)CC1. The fourth-order valence-electron chi connectivity index (χ4n) is 2.94. The molecule has 6 nitrogen and oxygen atoms in total. The van der Waals surface area contributed by atoms with E-state index in [-0.39, 0.29) is 12.0 Å². The number of aromatic amines is 1. The van der Waals surface area contributed by atoms with E-state index in [0.29, 0.717) is 38.3 Å². The van der Waals surface area contributed by atoms with Crippen LogP contribution >= 0.6 is 0 Å². The Hall–Kier alpha value is -2.50. The Morgan fingerprint density at radius 3 is 2.70 bits per heavy atom. The lowest BCUT2D eigenvalue weighted by atomic mass is 10.1. The highest BCUT2D eigenvalue weighted by molar-refractivity contribution is 6.06. The van der Waals surface area contributed by atoms with Gasteiger partial charge in [-0.25, -0.2) is 4.79 Å². The van der Waals surface area contributed by atoms with Crippen molar-refractivity contribution in [1.82, 2.24) is 14.8 Å².